The highest BCUT2D eigenvalue weighted by Gasteiger charge is 2.30. The number of allylic oxidation sites excluding steroid dienone is 20. The summed E-state index contributed by atoms with van der Waals surface area (Å²) in [6.45, 7) is 4.63. The molecule has 0 saturated heterocycles. The van der Waals surface area contributed by atoms with E-state index in [9.17, 15) is 43.2 Å². The van der Waals surface area contributed by atoms with Crippen LogP contribution in [0.25, 0.3) is 0 Å². The number of phosphoric ester groups is 2. The lowest BCUT2D eigenvalue weighted by molar-refractivity contribution is -0.161. The van der Waals surface area contributed by atoms with Gasteiger partial charge in [0.25, 0.3) is 0 Å². The molecule has 0 aromatic heterocycles. The first-order valence-electron chi connectivity index (χ1n) is 40.8. The Balaban J connectivity index is 5.43. The fourth-order valence-electron chi connectivity index (χ4n) is 10.7. The molecule has 0 saturated carbocycles. The van der Waals surface area contributed by atoms with Crippen LogP contribution in [0.1, 0.15) is 336 Å². The third-order valence-corrected chi connectivity index (χ3v) is 18.8. The predicted octanol–water partition coefficient (Wildman–Crippen LogP) is 23.9. The van der Waals surface area contributed by atoms with E-state index >= 15 is 0 Å². The summed E-state index contributed by atoms with van der Waals surface area (Å²) >= 11 is 0. The van der Waals surface area contributed by atoms with E-state index in [1.165, 1.54) is 83.5 Å². The normalized spacial score (nSPS) is 14.5. The van der Waals surface area contributed by atoms with Crippen LogP contribution in [0, 0.1) is 0 Å². The zero-order valence-electron chi connectivity index (χ0n) is 65.4. The van der Waals surface area contributed by atoms with Crippen molar-refractivity contribution in [2.24, 2.45) is 0 Å². The number of esters is 4. The second-order valence-electron chi connectivity index (χ2n) is 27.0. The number of carbonyl (C=O) groups excluding carboxylic acids is 4. The third kappa shape index (κ3) is 75.7. The summed E-state index contributed by atoms with van der Waals surface area (Å²) < 4.78 is 68.6. The molecule has 0 bridgehead atoms. The van der Waals surface area contributed by atoms with Gasteiger partial charge in [-0.2, -0.15) is 0 Å². The molecule has 5 atom stereocenters. The van der Waals surface area contributed by atoms with Crippen LogP contribution in [0.15, 0.2) is 122 Å². The number of carbonyl (C=O) groups is 4. The van der Waals surface area contributed by atoms with E-state index in [4.69, 9.17) is 37.0 Å². The molecule has 0 fully saturated rings. The van der Waals surface area contributed by atoms with Gasteiger partial charge in [-0.1, -0.05) is 284 Å². The predicted molar refractivity (Wildman–Crippen MR) is 427 cm³/mol. The zero-order chi connectivity index (χ0) is 76.0. The van der Waals surface area contributed by atoms with E-state index in [1.807, 2.05) is 18.2 Å². The Labute approximate surface area is 632 Å². The molecule has 0 aliphatic rings. The maximum absolute atomic E-state index is 13.1. The molecule has 0 radical (unpaired) electrons. The van der Waals surface area contributed by atoms with E-state index in [-0.39, 0.29) is 25.7 Å². The van der Waals surface area contributed by atoms with Crippen LogP contribution < -0.4 is 0 Å². The van der Waals surface area contributed by atoms with E-state index in [2.05, 4.69) is 131 Å². The van der Waals surface area contributed by atoms with Gasteiger partial charge < -0.3 is 33.8 Å². The molecule has 17 nitrogen and oxygen atoms in total. The second kappa shape index (κ2) is 76.6. The Morgan fingerprint density at radius 1 is 0.279 bits per heavy atom. The van der Waals surface area contributed by atoms with Gasteiger partial charge >= 0.3 is 39.5 Å². The molecule has 0 aliphatic heterocycles. The Hall–Kier alpha value is -4.54. The first-order chi connectivity index (χ1) is 50.7. The van der Waals surface area contributed by atoms with Crippen molar-refractivity contribution in [2.75, 3.05) is 39.6 Å². The van der Waals surface area contributed by atoms with Crippen LogP contribution in [0.3, 0.4) is 0 Å². The monoisotopic (exact) mass is 1500 g/mol. The maximum Gasteiger partial charge on any atom is 0.472 e. The van der Waals surface area contributed by atoms with Crippen LogP contribution in [0.2, 0.25) is 0 Å². The van der Waals surface area contributed by atoms with Crippen molar-refractivity contribution in [3.63, 3.8) is 0 Å². The van der Waals surface area contributed by atoms with Crippen LogP contribution >= 0.6 is 15.6 Å². The molecule has 0 aromatic rings. The largest absolute Gasteiger partial charge is 0.472 e. The molecule has 0 aliphatic carbocycles. The summed E-state index contributed by atoms with van der Waals surface area (Å²) in [5.41, 5.74) is 0. The first kappa shape index (κ1) is 99.5. The summed E-state index contributed by atoms with van der Waals surface area (Å²) in [6, 6.07) is 0. The van der Waals surface area contributed by atoms with Crippen molar-refractivity contribution >= 4 is 39.5 Å². The minimum absolute atomic E-state index is 0.0338. The average molecular weight is 1500 g/mol. The van der Waals surface area contributed by atoms with Crippen LogP contribution in [-0.4, -0.2) is 96.7 Å². The van der Waals surface area contributed by atoms with Gasteiger partial charge in [0.1, 0.15) is 19.3 Å². The van der Waals surface area contributed by atoms with Crippen LogP contribution in [0.4, 0.5) is 0 Å². The lowest BCUT2D eigenvalue weighted by atomic mass is 10.1. The number of unbranched alkanes of at least 4 members (excludes halogenated alkanes) is 30. The molecule has 0 heterocycles. The van der Waals surface area contributed by atoms with Crippen molar-refractivity contribution < 1.29 is 80.2 Å². The summed E-state index contributed by atoms with van der Waals surface area (Å²) in [5.74, 6) is -2.29. The molecule has 3 N–H and O–H groups in total. The van der Waals surface area contributed by atoms with Gasteiger partial charge in [-0.15, -0.1) is 0 Å². The topological polar surface area (TPSA) is 237 Å². The van der Waals surface area contributed by atoms with Gasteiger partial charge in [0.2, 0.25) is 0 Å². The number of hydrogen-bond acceptors (Lipinski definition) is 15. The second-order valence-corrected chi connectivity index (χ2v) is 29.9. The molecule has 0 rings (SSSR count). The standard InChI is InChI=1S/C85H146O17P2/c1-5-9-13-17-21-25-29-33-37-38-39-40-44-46-50-54-58-62-66-70-83(88)96-76-81(102-85(90)72-68-64-60-56-52-48-43-36-32-28-24-20-16-12-8-4)78-100-104(93,94)98-74-79(86)73-97-103(91,92)99-77-80(101-84(89)71-67-63-59-55-51-47-42-35-31-27-23-19-15-11-7-3)75-95-82(87)69-65-61-57-53-49-45-41-34-30-26-22-18-14-10-6-2/h9,13,21,23,25-28,30,32-33,35,37,39-40,42,46,50,58,62,79-81,86H,5-8,10-12,14-20,22,24,29,31,34,36,38,41,43-45,47-49,51-57,59-61,63-78H2,1-4H3,(H,91,92)(H,93,94)/b13-9-,25-21-,27-23-,30-26-,32-28-,37-33-,40-39-,42-35-,50-46-,62-58-/t79-,80+,81+/m0/s1. The number of phosphoric acid groups is 2. The van der Waals surface area contributed by atoms with E-state index < -0.39 is 97.5 Å². The molecule has 104 heavy (non-hydrogen) atoms. The fraction of sp³-hybridized carbons (Fsp3) is 0.718. The summed E-state index contributed by atoms with van der Waals surface area (Å²) in [6.07, 6.45) is 84.7. The molecule has 0 amide bonds. The molecule has 19 heteroatoms. The van der Waals surface area contributed by atoms with Gasteiger partial charge in [0.05, 0.1) is 26.4 Å². The SMILES string of the molecule is CC/C=C\C/C=C\C/C=C\C/C=C\C/C=C\C/C=C\CCC(=O)OC[C@H](COP(=O)(O)OC[C@@H](O)COP(=O)(O)OC[C@@H](COC(=O)CCCCCCCCC/C=C\CCCCCC)OC(=O)CCCCCCC/C=C\C/C=C\CCCCC)OC(=O)CCCCCCCCC/C=C\CCCCCC. The number of ether oxygens (including phenoxy) is 4. The van der Waals surface area contributed by atoms with Crippen molar-refractivity contribution in [1.29, 1.82) is 0 Å². The molecule has 0 aromatic carbocycles. The van der Waals surface area contributed by atoms with E-state index in [0.29, 0.717) is 32.1 Å². The highest BCUT2D eigenvalue weighted by molar-refractivity contribution is 7.47. The van der Waals surface area contributed by atoms with Crippen LogP contribution in [-0.2, 0) is 65.4 Å². The van der Waals surface area contributed by atoms with E-state index in [0.717, 1.165) is 167 Å². The number of aliphatic hydroxyl groups excluding tert-OH is 1. The van der Waals surface area contributed by atoms with Gasteiger partial charge in [0.15, 0.2) is 12.2 Å². The summed E-state index contributed by atoms with van der Waals surface area (Å²) in [7, 11) is -9.98. The molecular weight excluding hydrogens is 1350 g/mol. The lowest BCUT2D eigenvalue weighted by Crippen LogP contribution is -2.30. The Morgan fingerprint density at radius 3 is 0.856 bits per heavy atom. The van der Waals surface area contributed by atoms with Crippen molar-refractivity contribution in [2.45, 2.75) is 354 Å². The highest BCUT2D eigenvalue weighted by atomic mass is 31.2. The zero-order valence-corrected chi connectivity index (χ0v) is 67.2. The van der Waals surface area contributed by atoms with Crippen molar-refractivity contribution in [3.8, 4) is 0 Å². The molecule has 2 unspecified atom stereocenters. The van der Waals surface area contributed by atoms with Crippen molar-refractivity contribution in [3.05, 3.63) is 122 Å². The minimum atomic E-state index is -5.00. The Morgan fingerprint density at radius 2 is 0.519 bits per heavy atom. The molecule has 0 spiro atoms. The highest BCUT2D eigenvalue weighted by Crippen LogP contribution is 2.45. The van der Waals surface area contributed by atoms with Gasteiger partial charge in [-0.05, 0) is 148 Å². The summed E-state index contributed by atoms with van der Waals surface area (Å²) in [5, 5.41) is 10.6. The van der Waals surface area contributed by atoms with Gasteiger partial charge in [-0.3, -0.25) is 37.3 Å². The van der Waals surface area contributed by atoms with E-state index in [1.54, 1.807) is 0 Å². The first-order valence-corrected chi connectivity index (χ1v) is 43.8. The number of hydrogen-bond donors (Lipinski definition) is 3. The summed E-state index contributed by atoms with van der Waals surface area (Å²) in [4.78, 5) is 73.0. The number of aliphatic hydroxyl groups is 1. The number of rotatable bonds is 76. The Bertz CT molecular complexity index is 2440. The third-order valence-electron chi connectivity index (χ3n) is 16.9. The minimum Gasteiger partial charge on any atom is -0.462 e. The molecule has 598 valence electrons. The quantitative estimate of drug-likeness (QED) is 0.0169. The van der Waals surface area contributed by atoms with Crippen molar-refractivity contribution in [1.82, 2.24) is 0 Å². The average Bonchev–Trinajstić information content (AvgIpc) is 0.918. The van der Waals surface area contributed by atoms with Crippen LogP contribution in [0.5, 0.6) is 0 Å². The van der Waals surface area contributed by atoms with Gasteiger partial charge in [-0.25, -0.2) is 9.13 Å². The molecular formula is C85H146O17P2. The smallest absolute Gasteiger partial charge is 0.462 e. The Kier molecular flexibility index (Phi) is 73.3. The maximum atomic E-state index is 13.1. The van der Waals surface area contributed by atoms with Gasteiger partial charge in [0, 0.05) is 25.7 Å². The fourth-order valence-corrected chi connectivity index (χ4v) is 12.3. The lowest BCUT2D eigenvalue weighted by Gasteiger charge is -2.21.